The Morgan fingerprint density at radius 3 is 2.50 bits per heavy atom. The molecule has 3 nitrogen and oxygen atoms in total. The Labute approximate surface area is 122 Å². The molecule has 4 heteroatoms. The van der Waals surface area contributed by atoms with E-state index in [2.05, 4.69) is 15.3 Å². The number of halogens is 1. The summed E-state index contributed by atoms with van der Waals surface area (Å²) in [5.41, 5.74) is 3.76. The van der Waals surface area contributed by atoms with Gasteiger partial charge in [0.25, 0.3) is 0 Å². The highest BCUT2D eigenvalue weighted by Gasteiger charge is 2.08. The van der Waals surface area contributed by atoms with Crippen molar-refractivity contribution < 1.29 is 0 Å². The predicted molar refractivity (Wildman–Crippen MR) is 83.5 cm³/mol. The lowest BCUT2D eigenvalue weighted by Gasteiger charge is -2.12. The maximum atomic E-state index is 6.19. The van der Waals surface area contributed by atoms with Crippen LogP contribution in [-0.2, 0) is 0 Å². The number of benzene rings is 2. The van der Waals surface area contributed by atoms with Crippen LogP contribution in [0.1, 0.15) is 17.9 Å². The Kier molecular flexibility index (Phi) is 3.52. The second kappa shape index (κ2) is 5.47. The number of aromatic nitrogens is 2. The van der Waals surface area contributed by atoms with Crippen molar-refractivity contribution in [3.63, 3.8) is 0 Å². The first-order valence-corrected chi connectivity index (χ1v) is 6.89. The van der Waals surface area contributed by atoms with Gasteiger partial charge < -0.3 is 5.32 Å². The van der Waals surface area contributed by atoms with E-state index >= 15 is 0 Å². The van der Waals surface area contributed by atoms with E-state index in [1.54, 1.807) is 6.20 Å². The largest absolute Gasteiger partial charge is 0.339 e. The average Bonchev–Trinajstić information content (AvgIpc) is 2.47. The molecule has 1 aromatic heterocycles. The molecule has 1 N–H and O–H groups in total. The van der Waals surface area contributed by atoms with E-state index in [4.69, 9.17) is 11.6 Å². The second-order valence-electron chi connectivity index (χ2n) is 4.57. The number of rotatable bonds is 3. The van der Waals surface area contributed by atoms with Gasteiger partial charge in [-0.3, -0.25) is 4.98 Å². The van der Waals surface area contributed by atoms with E-state index in [1.165, 1.54) is 0 Å². The molecule has 3 aromatic rings. The van der Waals surface area contributed by atoms with Crippen LogP contribution in [0.5, 0.6) is 0 Å². The fourth-order valence-electron chi connectivity index (χ4n) is 2.11. The summed E-state index contributed by atoms with van der Waals surface area (Å²) in [5.74, 6) is 0.716. The van der Waals surface area contributed by atoms with Crippen LogP contribution in [0.3, 0.4) is 0 Å². The van der Waals surface area contributed by atoms with Gasteiger partial charge in [-0.05, 0) is 30.7 Å². The van der Waals surface area contributed by atoms with Crippen LogP contribution in [0.2, 0.25) is 0 Å². The Hall–Kier alpha value is -2.13. The summed E-state index contributed by atoms with van der Waals surface area (Å²) in [7, 11) is 0. The normalized spacial score (nSPS) is 12.3. The van der Waals surface area contributed by atoms with E-state index in [-0.39, 0.29) is 5.38 Å². The summed E-state index contributed by atoms with van der Waals surface area (Å²) in [4.78, 5) is 8.95. The summed E-state index contributed by atoms with van der Waals surface area (Å²) in [5, 5.41) is 3.23. The van der Waals surface area contributed by atoms with Gasteiger partial charge >= 0.3 is 0 Å². The first-order valence-electron chi connectivity index (χ1n) is 6.46. The summed E-state index contributed by atoms with van der Waals surface area (Å²) < 4.78 is 0. The Morgan fingerprint density at radius 2 is 1.70 bits per heavy atom. The molecule has 0 aliphatic carbocycles. The van der Waals surface area contributed by atoms with E-state index in [0.29, 0.717) is 5.82 Å². The third kappa shape index (κ3) is 2.58. The highest BCUT2D eigenvalue weighted by Crippen LogP contribution is 2.29. The number of fused-ring (bicyclic) bond motifs is 1. The third-order valence-electron chi connectivity index (χ3n) is 3.10. The molecule has 1 unspecified atom stereocenters. The molecule has 0 saturated carbocycles. The molecule has 0 fully saturated rings. The van der Waals surface area contributed by atoms with Crippen LogP contribution in [0.15, 0.2) is 54.7 Å². The zero-order valence-electron chi connectivity index (χ0n) is 11.0. The lowest BCUT2D eigenvalue weighted by atomic mass is 10.1. The van der Waals surface area contributed by atoms with Crippen LogP contribution < -0.4 is 5.32 Å². The van der Waals surface area contributed by atoms with Crippen molar-refractivity contribution >= 4 is 34.1 Å². The van der Waals surface area contributed by atoms with Crippen molar-refractivity contribution in [3.8, 4) is 0 Å². The van der Waals surface area contributed by atoms with Crippen molar-refractivity contribution in [2.75, 3.05) is 5.32 Å². The molecule has 0 spiro atoms. The molecule has 0 bridgehead atoms. The number of anilines is 2. The van der Waals surface area contributed by atoms with Gasteiger partial charge in [0.15, 0.2) is 0 Å². The molecule has 1 atom stereocenters. The van der Waals surface area contributed by atoms with Gasteiger partial charge in [0, 0.05) is 5.69 Å². The molecule has 20 heavy (non-hydrogen) atoms. The van der Waals surface area contributed by atoms with Crippen molar-refractivity contribution in [2.24, 2.45) is 0 Å². The number of alkyl halides is 1. The minimum absolute atomic E-state index is 0.0629. The topological polar surface area (TPSA) is 37.8 Å². The third-order valence-corrected chi connectivity index (χ3v) is 3.34. The fourth-order valence-corrected chi connectivity index (χ4v) is 2.30. The van der Waals surface area contributed by atoms with Gasteiger partial charge in [0.2, 0.25) is 0 Å². The maximum Gasteiger partial charge on any atom is 0.149 e. The first-order chi connectivity index (χ1) is 9.74. The van der Waals surface area contributed by atoms with Gasteiger partial charge in [-0.15, -0.1) is 11.6 Å². The number of para-hydroxylation sites is 3. The molecule has 0 amide bonds. The summed E-state index contributed by atoms with van der Waals surface area (Å²) in [6.45, 7) is 1.95. The van der Waals surface area contributed by atoms with Crippen molar-refractivity contribution in [1.29, 1.82) is 0 Å². The highest BCUT2D eigenvalue weighted by molar-refractivity contribution is 6.21. The molecular weight excluding hydrogens is 270 g/mol. The van der Waals surface area contributed by atoms with Gasteiger partial charge in [-0.2, -0.15) is 0 Å². The molecule has 0 aliphatic heterocycles. The van der Waals surface area contributed by atoms with Crippen molar-refractivity contribution in [3.05, 3.63) is 60.3 Å². The molecule has 0 saturated heterocycles. The van der Waals surface area contributed by atoms with Crippen LogP contribution in [0, 0.1) is 0 Å². The number of nitrogens with one attached hydrogen (secondary N) is 1. The summed E-state index contributed by atoms with van der Waals surface area (Å²) in [6, 6.07) is 15.7. The Bertz CT molecular complexity index is 740. The molecule has 0 aliphatic rings. The van der Waals surface area contributed by atoms with Gasteiger partial charge in [-0.25, -0.2) is 4.98 Å². The lowest BCUT2D eigenvalue weighted by Crippen LogP contribution is -1.99. The van der Waals surface area contributed by atoms with Crippen LogP contribution in [-0.4, -0.2) is 9.97 Å². The molecule has 3 rings (SSSR count). The number of hydrogen-bond acceptors (Lipinski definition) is 3. The SMILES string of the molecule is CC(Cl)c1ccccc1Nc1cnc2ccccc2n1. The van der Waals surface area contributed by atoms with Crippen LogP contribution >= 0.6 is 11.6 Å². The van der Waals surface area contributed by atoms with Gasteiger partial charge in [-0.1, -0.05) is 30.3 Å². The standard InChI is InChI=1S/C16H14ClN3/c1-11(17)12-6-2-3-7-13(12)19-16-10-18-14-8-4-5-9-15(14)20-16/h2-11H,1H3,(H,19,20). The van der Waals surface area contributed by atoms with E-state index in [1.807, 2.05) is 55.5 Å². The minimum atomic E-state index is -0.0629. The van der Waals surface area contributed by atoms with E-state index in [9.17, 15) is 0 Å². The number of nitrogens with zero attached hydrogens (tertiary/aromatic N) is 2. The molecule has 1 heterocycles. The Balaban J connectivity index is 1.97. The summed E-state index contributed by atoms with van der Waals surface area (Å²) >= 11 is 6.19. The zero-order chi connectivity index (χ0) is 13.9. The van der Waals surface area contributed by atoms with Crippen molar-refractivity contribution in [1.82, 2.24) is 9.97 Å². The average molecular weight is 284 g/mol. The zero-order valence-corrected chi connectivity index (χ0v) is 11.8. The van der Waals surface area contributed by atoms with Crippen LogP contribution in [0.4, 0.5) is 11.5 Å². The first kappa shape index (κ1) is 12.9. The fraction of sp³-hybridized carbons (Fsp3) is 0.125. The molecule has 100 valence electrons. The van der Waals surface area contributed by atoms with E-state index in [0.717, 1.165) is 22.3 Å². The van der Waals surface area contributed by atoms with E-state index < -0.39 is 0 Å². The monoisotopic (exact) mass is 283 g/mol. The predicted octanol–water partition coefficient (Wildman–Crippen LogP) is 4.67. The smallest absolute Gasteiger partial charge is 0.149 e. The highest BCUT2D eigenvalue weighted by atomic mass is 35.5. The van der Waals surface area contributed by atoms with Gasteiger partial charge in [0.05, 0.1) is 22.6 Å². The van der Waals surface area contributed by atoms with Gasteiger partial charge in [0.1, 0.15) is 5.82 Å². The molecular formula is C16H14ClN3. The summed E-state index contributed by atoms with van der Waals surface area (Å²) in [6.07, 6.45) is 1.73. The molecule has 2 aromatic carbocycles. The Morgan fingerprint density at radius 1 is 1.00 bits per heavy atom. The lowest BCUT2D eigenvalue weighted by molar-refractivity contribution is 1.08. The van der Waals surface area contributed by atoms with Crippen LogP contribution in [0.25, 0.3) is 11.0 Å². The number of hydrogen-bond donors (Lipinski definition) is 1. The quantitative estimate of drug-likeness (QED) is 0.710. The van der Waals surface area contributed by atoms with Crippen molar-refractivity contribution in [2.45, 2.75) is 12.3 Å². The second-order valence-corrected chi connectivity index (χ2v) is 5.23. The maximum absolute atomic E-state index is 6.19. The minimum Gasteiger partial charge on any atom is -0.339 e. The molecule has 0 radical (unpaired) electrons.